The molecule has 1 heterocycles. The highest BCUT2D eigenvalue weighted by molar-refractivity contribution is 5.85. The fraction of sp³-hybridized carbons (Fsp3) is 0.562. The summed E-state index contributed by atoms with van der Waals surface area (Å²) in [7, 11) is 3.46. The molecule has 0 radical (unpaired) electrons. The van der Waals surface area contributed by atoms with Crippen LogP contribution in [0.4, 0.5) is 0 Å². The van der Waals surface area contributed by atoms with Crippen LogP contribution in [0.5, 0.6) is 11.5 Å². The maximum Gasteiger partial charge on any atom is 0.225 e. The minimum atomic E-state index is 0. The van der Waals surface area contributed by atoms with E-state index in [-0.39, 0.29) is 24.2 Å². The fourth-order valence-corrected chi connectivity index (χ4v) is 2.52. The highest BCUT2D eigenvalue weighted by atomic mass is 35.5. The zero-order chi connectivity index (χ0) is 15.1. The van der Waals surface area contributed by atoms with Gasteiger partial charge in [0.2, 0.25) is 5.91 Å². The van der Waals surface area contributed by atoms with Gasteiger partial charge in [0.05, 0.1) is 13.7 Å². The number of hydrogen-bond donors (Lipinski definition) is 1. The monoisotopic (exact) mass is 328 g/mol. The van der Waals surface area contributed by atoms with Gasteiger partial charge in [-0.05, 0) is 38.1 Å². The number of benzene rings is 1. The lowest BCUT2D eigenvalue weighted by molar-refractivity contribution is -0.135. The molecule has 1 aliphatic heterocycles. The summed E-state index contributed by atoms with van der Waals surface area (Å²) in [6.07, 6.45) is 1.85. The molecule has 1 aliphatic rings. The summed E-state index contributed by atoms with van der Waals surface area (Å²) >= 11 is 0. The van der Waals surface area contributed by atoms with E-state index in [2.05, 4.69) is 5.32 Å². The van der Waals surface area contributed by atoms with Gasteiger partial charge in [0.15, 0.2) is 11.5 Å². The Morgan fingerprint density at radius 3 is 2.55 bits per heavy atom. The number of likely N-dealkylation sites (N-methyl/N-ethyl adjacent to an activating group) is 1. The first kappa shape index (κ1) is 18.6. The predicted octanol–water partition coefficient (Wildman–Crippen LogP) is 1.95. The Morgan fingerprint density at radius 2 is 1.91 bits per heavy atom. The van der Waals surface area contributed by atoms with Crippen molar-refractivity contribution in [2.24, 2.45) is 5.92 Å². The molecule has 124 valence electrons. The van der Waals surface area contributed by atoms with Gasteiger partial charge in [-0.1, -0.05) is 12.1 Å². The third-order valence-electron chi connectivity index (χ3n) is 3.82. The number of nitrogens with one attached hydrogen (secondary N) is 1. The molecule has 1 N–H and O–H groups in total. The molecule has 0 spiro atoms. The highest BCUT2D eigenvalue weighted by Gasteiger charge is 2.23. The summed E-state index contributed by atoms with van der Waals surface area (Å²) in [6, 6.07) is 7.53. The van der Waals surface area contributed by atoms with Crippen LogP contribution < -0.4 is 14.8 Å². The predicted molar refractivity (Wildman–Crippen MR) is 89.0 cm³/mol. The van der Waals surface area contributed by atoms with Crippen LogP contribution in [0, 0.1) is 5.92 Å². The van der Waals surface area contributed by atoms with Gasteiger partial charge in [-0.15, -0.1) is 12.4 Å². The molecule has 2 rings (SSSR count). The Balaban J connectivity index is 0.00000242. The standard InChI is InChI=1S/C16H24N2O3.ClH/c1-18(16(19)13-7-9-17-10-8-13)11-12-21-15-6-4-3-5-14(15)20-2;/h3-6,13,17H,7-12H2,1-2H3;1H. The molecule has 0 unspecified atom stereocenters. The number of hydrogen-bond acceptors (Lipinski definition) is 4. The molecule has 22 heavy (non-hydrogen) atoms. The number of methoxy groups -OCH3 is 1. The fourth-order valence-electron chi connectivity index (χ4n) is 2.52. The zero-order valence-electron chi connectivity index (χ0n) is 13.2. The molecule has 1 saturated heterocycles. The Labute approximate surface area is 138 Å². The van der Waals surface area contributed by atoms with Crippen molar-refractivity contribution in [2.75, 3.05) is 40.4 Å². The molecule has 6 heteroatoms. The quantitative estimate of drug-likeness (QED) is 0.867. The number of piperidine rings is 1. The number of halogens is 1. The van der Waals surface area contributed by atoms with Crippen LogP contribution in [0.25, 0.3) is 0 Å². The van der Waals surface area contributed by atoms with Crippen LogP contribution in [0.3, 0.4) is 0 Å². The van der Waals surface area contributed by atoms with Crippen molar-refractivity contribution in [3.63, 3.8) is 0 Å². The zero-order valence-corrected chi connectivity index (χ0v) is 14.0. The lowest BCUT2D eigenvalue weighted by atomic mass is 9.97. The van der Waals surface area contributed by atoms with Gasteiger partial charge in [0.1, 0.15) is 6.61 Å². The normalized spacial score (nSPS) is 14.8. The van der Waals surface area contributed by atoms with Gasteiger partial charge in [0, 0.05) is 13.0 Å². The number of ether oxygens (including phenoxy) is 2. The number of nitrogens with zero attached hydrogens (tertiary/aromatic N) is 1. The van der Waals surface area contributed by atoms with E-state index in [0.29, 0.717) is 24.7 Å². The van der Waals surface area contributed by atoms with E-state index >= 15 is 0 Å². The summed E-state index contributed by atoms with van der Waals surface area (Å²) in [4.78, 5) is 14.1. The Morgan fingerprint density at radius 1 is 1.27 bits per heavy atom. The molecular weight excluding hydrogens is 304 g/mol. The van der Waals surface area contributed by atoms with E-state index in [1.165, 1.54) is 0 Å². The average molecular weight is 329 g/mol. The largest absolute Gasteiger partial charge is 0.493 e. The van der Waals surface area contributed by atoms with Crippen LogP contribution in [-0.2, 0) is 4.79 Å². The van der Waals surface area contributed by atoms with Gasteiger partial charge in [-0.3, -0.25) is 4.79 Å². The second-order valence-corrected chi connectivity index (χ2v) is 5.28. The Bertz CT molecular complexity index is 464. The minimum absolute atomic E-state index is 0. The SMILES string of the molecule is COc1ccccc1OCCN(C)C(=O)C1CCNCC1.Cl. The summed E-state index contributed by atoms with van der Waals surface area (Å²) in [5.41, 5.74) is 0. The van der Waals surface area contributed by atoms with Crippen molar-refractivity contribution in [2.45, 2.75) is 12.8 Å². The Kier molecular flexibility index (Phi) is 8.06. The first-order chi connectivity index (χ1) is 10.2. The minimum Gasteiger partial charge on any atom is -0.493 e. The van der Waals surface area contributed by atoms with Crippen molar-refractivity contribution in [3.05, 3.63) is 24.3 Å². The maximum absolute atomic E-state index is 12.3. The van der Waals surface area contributed by atoms with Gasteiger partial charge in [0.25, 0.3) is 0 Å². The number of para-hydroxylation sites is 2. The molecule has 0 saturated carbocycles. The summed E-state index contributed by atoms with van der Waals surface area (Å²) < 4.78 is 10.9. The van der Waals surface area contributed by atoms with Crippen molar-refractivity contribution in [3.8, 4) is 11.5 Å². The van der Waals surface area contributed by atoms with Crippen LogP contribution in [0.15, 0.2) is 24.3 Å². The molecule has 0 atom stereocenters. The van der Waals surface area contributed by atoms with E-state index in [1.54, 1.807) is 12.0 Å². The van der Waals surface area contributed by atoms with Crippen LogP contribution in [0.1, 0.15) is 12.8 Å². The molecule has 0 bridgehead atoms. The lowest BCUT2D eigenvalue weighted by Crippen LogP contribution is -2.40. The van der Waals surface area contributed by atoms with Crippen molar-refractivity contribution in [1.29, 1.82) is 0 Å². The van der Waals surface area contributed by atoms with Gasteiger partial charge < -0.3 is 19.7 Å². The van der Waals surface area contributed by atoms with E-state index in [9.17, 15) is 4.79 Å². The second-order valence-electron chi connectivity index (χ2n) is 5.28. The lowest BCUT2D eigenvalue weighted by Gasteiger charge is -2.27. The summed E-state index contributed by atoms with van der Waals surface area (Å²) in [5, 5.41) is 3.28. The van der Waals surface area contributed by atoms with E-state index in [4.69, 9.17) is 9.47 Å². The van der Waals surface area contributed by atoms with Gasteiger partial charge >= 0.3 is 0 Å². The number of rotatable bonds is 6. The molecule has 1 amide bonds. The highest BCUT2D eigenvalue weighted by Crippen LogP contribution is 2.25. The molecule has 1 aromatic rings. The molecule has 1 aromatic carbocycles. The first-order valence-electron chi connectivity index (χ1n) is 7.44. The van der Waals surface area contributed by atoms with Gasteiger partial charge in [-0.25, -0.2) is 0 Å². The van der Waals surface area contributed by atoms with E-state index < -0.39 is 0 Å². The number of amides is 1. The van der Waals surface area contributed by atoms with Crippen LogP contribution in [-0.4, -0.2) is 51.2 Å². The smallest absolute Gasteiger partial charge is 0.225 e. The number of carbonyl (C=O) groups excluding carboxylic acids is 1. The Hall–Kier alpha value is -1.46. The molecule has 1 fully saturated rings. The van der Waals surface area contributed by atoms with Crippen molar-refractivity contribution < 1.29 is 14.3 Å². The van der Waals surface area contributed by atoms with Crippen LogP contribution >= 0.6 is 12.4 Å². The topological polar surface area (TPSA) is 50.8 Å². The van der Waals surface area contributed by atoms with E-state index in [0.717, 1.165) is 25.9 Å². The maximum atomic E-state index is 12.3. The second kappa shape index (κ2) is 9.54. The summed E-state index contributed by atoms with van der Waals surface area (Å²) in [6.45, 7) is 2.91. The first-order valence-corrected chi connectivity index (χ1v) is 7.44. The van der Waals surface area contributed by atoms with Gasteiger partial charge in [-0.2, -0.15) is 0 Å². The van der Waals surface area contributed by atoms with Crippen molar-refractivity contribution >= 4 is 18.3 Å². The van der Waals surface area contributed by atoms with Crippen LogP contribution in [0.2, 0.25) is 0 Å². The molecule has 0 aromatic heterocycles. The third-order valence-corrected chi connectivity index (χ3v) is 3.82. The molecular formula is C16H25ClN2O3. The van der Waals surface area contributed by atoms with Crippen molar-refractivity contribution in [1.82, 2.24) is 10.2 Å². The molecule has 0 aliphatic carbocycles. The summed E-state index contributed by atoms with van der Waals surface area (Å²) in [5.74, 6) is 1.80. The average Bonchev–Trinajstić information content (AvgIpc) is 2.55. The number of carbonyl (C=O) groups is 1. The third kappa shape index (κ3) is 5.07. The molecule has 5 nitrogen and oxygen atoms in total. The van der Waals surface area contributed by atoms with E-state index in [1.807, 2.05) is 31.3 Å².